The molecule has 2 aromatic carbocycles. The summed E-state index contributed by atoms with van der Waals surface area (Å²) in [5.41, 5.74) is 6.84. The molecule has 1 aliphatic heterocycles. The molecule has 2 aromatic rings. The van der Waals surface area contributed by atoms with Crippen LogP contribution in [0, 0.1) is 20.8 Å². The summed E-state index contributed by atoms with van der Waals surface area (Å²) in [7, 11) is 0. The number of nitrogens with zero attached hydrogens (tertiary/aromatic N) is 2. The van der Waals surface area contributed by atoms with Crippen LogP contribution in [-0.4, -0.2) is 36.2 Å². The number of rotatable bonds is 3. The highest BCUT2D eigenvalue weighted by Gasteiger charge is 2.18. The second kappa shape index (κ2) is 6.63. The van der Waals surface area contributed by atoms with Gasteiger partial charge in [0.1, 0.15) is 5.75 Å². The number of phenols is 1. The molecule has 0 atom stereocenters. The highest BCUT2D eigenvalue weighted by molar-refractivity contribution is 5.49. The van der Waals surface area contributed by atoms with Gasteiger partial charge < -0.3 is 10.0 Å². The van der Waals surface area contributed by atoms with Crippen LogP contribution in [0.5, 0.6) is 5.75 Å². The maximum atomic E-state index is 9.41. The number of phenolic OH excluding ortho intramolecular Hbond substituents is 1. The minimum atomic E-state index is 0.331. The van der Waals surface area contributed by atoms with E-state index in [0.29, 0.717) is 5.75 Å². The van der Waals surface area contributed by atoms with Gasteiger partial charge in [-0.05, 0) is 61.7 Å². The van der Waals surface area contributed by atoms with E-state index in [-0.39, 0.29) is 0 Å². The minimum absolute atomic E-state index is 0.331. The Balaban J connectivity index is 1.62. The molecule has 1 fully saturated rings. The standard InChI is InChI=1S/C20H26N2O/c1-15-12-16(2)20(17(3)13-15)14-21-8-10-22(11-9-21)18-4-6-19(23)7-5-18/h4-7,12-13,23H,8-11,14H2,1-3H3. The molecule has 0 aliphatic carbocycles. The maximum absolute atomic E-state index is 9.41. The van der Waals surface area contributed by atoms with Gasteiger partial charge in [-0.15, -0.1) is 0 Å². The van der Waals surface area contributed by atoms with E-state index in [1.54, 1.807) is 12.1 Å². The topological polar surface area (TPSA) is 26.7 Å². The first-order valence-corrected chi connectivity index (χ1v) is 8.36. The molecular weight excluding hydrogens is 284 g/mol. The molecule has 0 radical (unpaired) electrons. The summed E-state index contributed by atoms with van der Waals surface area (Å²) in [6.07, 6.45) is 0. The molecule has 1 N–H and O–H groups in total. The summed E-state index contributed by atoms with van der Waals surface area (Å²) in [5, 5.41) is 9.41. The third-order valence-electron chi connectivity index (χ3n) is 4.81. The predicted molar refractivity (Wildman–Crippen MR) is 96.2 cm³/mol. The van der Waals surface area contributed by atoms with Crippen LogP contribution in [0.3, 0.4) is 0 Å². The first kappa shape index (κ1) is 15.9. The largest absolute Gasteiger partial charge is 0.508 e. The fourth-order valence-electron chi connectivity index (χ4n) is 3.51. The predicted octanol–water partition coefficient (Wildman–Crippen LogP) is 3.64. The molecule has 0 unspecified atom stereocenters. The van der Waals surface area contributed by atoms with Crippen LogP contribution < -0.4 is 4.90 Å². The van der Waals surface area contributed by atoms with Gasteiger partial charge in [0.25, 0.3) is 0 Å². The van der Waals surface area contributed by atoms with Crippen molar-refractivity contribution in [3.8, 4) is 5.75 Å². The van der Waals surface area contributed by atoms with E-state index >= 15 is 0 Å². The van der Waals surface area contributed by atoms with Crippen LogP contribution in [-0.2, 0) is 6.54 Å². The summed E-state index contributed by atoms with van der Waals surface area (Å²) in [6, 6.07) is 12.1. The number of aryl methyl sites for hydroxylation is 3. The van der Waals surface area contributed by atoms with Crippen molar-refractivity contribution >= 4 is 5.69 Å². The van der Waals surface area contributed by atoms with Crippen molar-refractivity contribution < 1.29 is 5.11 Å². The van der Waals surface area contributed by atoms with E-state index in [1.165, 1.54) is 27.9 Å². The Bertz CT molecular complexity index is 648. The van der Waals surface area contributed by atoms with E-state index in [4.69, 9.17) is 0 Å². The molecular formula is C20H26N2O. The second-order valence-electron chi connectivity index (χ2n) is 6.66. The van der Waals surface area contributed by atoms with Gasteiger partial charge in [0.05, 0.1) is 0 Å². The molecule has 1 heterocycles. The third kappa shape index (κ3) is 3.67. The highest BCUT2D eigenvalue weighted by Crippen LogP contribution is 2.22. The average molecular weight is 310 g/mol. The van der Waals surface area contributed by atoms with E-state index in [9.17, 15) is 5.11 Å². The fourth-order valence-corrected chi connectivity index (χ4v) is 3.51. The van der Waals surface area contributed by atoms with Gasteiger partial charge in [-0.2, -0.15) is 0 Å². The van der Waals surface area contributed by atoms with Gasteiger partial charge in [0.15, 0.2) is 0 Å². The first-order valence-electron chi connectivity index (χ1n) is 8.36. The monoisotopic (exact) mass is 310 g/mol. The quantitative estimate of drug-likeness (QED) is 0.937. The van der Waals surface area contributed by atoms with Crippen LogP contribution in [0.4, 0.5) is 5.69 Å². The van der Waals surface area contributed by atoms with E-state index in [1.807, 2.05) is 12.1 Å². The Morgan fingerprint density at radius 2 is 1.43 bits per heavy atom. The zero-order chi connectivity index (χ0) is 16.4. The smallest absolute Gasteiger partial charge is 0.115 e. The maximum Gasteiger partial charge on any atom is 0.115 e. The van der Waals surface area contributed by atoms with Crippen LogP contribution >= 0.6 is 0 Å². The molecule has 0 spiro atoms. The Hall–Kier alpha value is -2.00. The average Bonchev–Trinajstić information content (AvgIpc) is 2.52. The Morgan fingerprint density at radius 3 is 2.00 bits per heavy atom. The number of aromatic hydroxyl groups is 1. The summed E-state index contributed by atoms with van der Waals surface area (Å²) in [6.45, 7) is 11.9. The van der Waals surface area contributed by atoms with Gasteiger partial charge in [0, 0.05) is 38.4 Å². The van der Waals surface area contributed by atoms with Crippen LogP contribution in [0.1, 0.15) is 22.3 Å². The molecule has 122 valence electrons. The van der Waals surface area contributed by atoms with Crippen molar-refractivity contribution in [3.63, 3.8) is 0 Å². The lowest BCUT2D eigenvalue weighted by Crippen LogP contribution is -2.46. The highest BCUT2D eigenvalue weighted by atomic mass is 16.3. The van der Waals surface area contributed by atoms with Gasteiger partial charge in [0.2, 0.25) is 0 Å². The first-order chi connectivity index (χ1) is 11.0. The minimum Gasteiger partial charge on any atom is -0.508 e. The Labute approximate surface area is 139 Å². The SMILES string of the molecule is Cc1cc(C)c(CN2CCN(c3ccc(O)cc3)CC2)c(C)c1. The molecule has 1 aliphatic rings. The normalized spacial score (nSPS) is 15.9. The van der Waals surface area contributed by atoms with E-state index < -0.39 is 0 Å². The Morgan fingerprint density at radius 1 is 0.870 bits per heavy atom. The fraction of sp³-hybridized carbons (Fsp3) is 0.400. The van der Waals surface area contributed by atoms with Crippen molar-refractivity contribution in [2.75, 3.05) is 31.1 Å². The van der Waals surface area contributed by atoms with E-state index in [0.717, 1.165) is 32.7 Å². The van der Waals surface area contributed by atoms with Gasteiger partial charge in [-0.1, -0.05) is 17.7 Å². The number of anilines is 1. The van der Waals surface area contributed by atoms with Gasteiger partial charge in [-0.3, -0.25) is 4.90 Å². The van der Waals surface area contributed by atoms with Crippen LogP contribution in [0.15, 0.2) is 36.4 Å². The van der Waals surface area contributed by atoms with E-state index in [2.05, 4.69) is 42.7 Å². The Kier molecular flexibility index (Phi) is 4.58. The van der Waals surface area contributed by atoms with Gasteiger partial charge >= 0.3 is 0 Å². The zero-order valence-electron chi connectivity index (χ0n) is 14.3. The summed E-state index contributed by atoms with van der Waals surface area (Å²) in [4.78, 5) is 4.94. The molecule has 0 saturated carbocycles. The molecule has 0 bridgehead atoms. The lowest BCUT2D eigenvalue weighted by molar-refractivity contribution is 0.249. The van der Waals surface area contributed by atoms with Crippen molar-refractivity contribution in [2.24, 2.45) is 0 Å². The molecule has 3 nitrogen and oxygen atoms in total. The summed E-state index contributed by atoms with van der Waals surface area (Å²) >= 11 is 0. The molecule has 0 aromatic heterocycles. The van der Waals surface area contributed by atoms with Crippen LogP contribution in [0.2, 0.25) is 0 Å². The van der Waals surface area contributed by atoms with Crippen molar-refractivity contribution in [1.82, 2.24) is 4.90 Å². The van der Waals surface area contributed by atoms with Crippen molar-refractivity contribution in [3.05, 3.63) is 58.7 Å². The molecule has 3 heteroatoms. The van der Waals surface area contributed by atoms with Crippen molar-refractivity contribution in [2.45, 2.75) is 27.3 Å². The molecule has 0 amide bonds. The number of hydrogen-bond donors (Lipinski definition) is 1. The summed E-state index contributed by atoms with van der Waals surface area (Å²) < 4.78 is 0. The number of hydrogen-bond acceptors (Lipinski definition) is 3. The third-order valence-corrected chi connectivity index (χ3v) is 4.81. The molecule has 3 rings (SSSR count). The van der Waals surface area contributed by atoms with Crippen molar-refractivity contribution in [1.29, 1.82) is 0 Å². The van der Waals surface area contributed by atoms with Crippen LogP contribution in [0.25, 0.3) is 0 Å². The number of benzene rings is 2. The second-order valence-corrected chi connectivity index (χ2v) is 6.66. The summed E-state index contributed by atoms with van der Waals surface area (Å²) in [5.74, 6) is 0.331. The zero-order valence-corrected chi connectivity index (χ0v) is 14.3. The lowest BCUT2D eigenvalue weighted by atomic mass is 9.99. The molecule has 1 saturated heterocycles. The lowest BCUT2D eigenvalue weighted by Gasteiger charge is -2.36. The number of piperazine rings is 1. The van der Waals surface area contributed by atoms with Gasteiger partial charge in [-0.25, -0.2) is 0 Å². The molecule has 23 heavy (non-hydrogen) atoms.